The molecular formula is C27H17Cl2N3O4. The van der Waals surface area contributed by atoms with Crippen molar-refractivity contribution in [2.45, 2.75) is 13.2 Å². The van der Waals surface area contributed by atoms with E-state index in [9.17, 15) is 4.79 Å². The van der Waals surface area contributed by atoms with E-state index in [-0.39, 0.29) is 6.61 Å². The first-order chi connectivity index (χ1) is 17.5. The fourth-order valence-electron chi connectivity index (χ4n) is 4.12. The van der Waals surface area contributed by atoms with Gasteiger partial charge in [0.2, 0.25) is 0 Å². The van der Waals surface area contributed by atoms with Crippen molar-refractivity contribution in [2.24, 2.45) is 0 Å². The van der Waals surface area contributed by atoms with E-state index in [2.05, 4.69) is 10.3 Å². The molecular weight excluding hydrogens is 501 g/mol. The average molecular weight is 518 g/mol. The van der Waals surface area contributed by atoms with E-state index in [0.29, 0.717) is 39.2 Å². The number of rotatable bonds is 6. The maximum atomic E-state index is 12.3. The summed E-state index contributed by atoms with van der Waals surface area (Å²) in [6.07, 6.45) is 3.48. The van der Waals surface area contributed by atoms with Gasteiger partial charge < -0.3 is 13.6 Å². The van der Waals surface area contributed by atoms with Crippen LogP contribution in [0.15, 0.2) is 92.8 Å². The Balaban J connectivity index is 1.31. The molecule has 0 aliphatic rings. The second-order valence-electron chi connectivity index (χ2n) is 8.22. The van der Waals surface area contributed by atoms with Gasteiger partial charge in [-0.1, -0.05) is 58.7 Å². The molecule has 3 heterocycles. The molecule has 7 nitrogen and oxygen atoms in total. The largest absolute Gasteiger partial charge is 0.486 e. The van der Waals surface area contributed by atoms with Gasteiger partial charge in [0.1, 0.15) is 29.2 Å². The van der Waals surface area contributed by atoms with Gasteiger partial charge in [0, 0.05) is 33.5 Å². The lowest BCUT2D eigenvalue weighted by Gasteiger charge is -2.07. The summed E-state index contributed by atoms with van der Waals surface area (Å²) in [4.78, 5) is 12.3. The van der Waals surface area contributed by atoms with Crippen molar-refractivity contribution in [3.05, 3.63) is 111 Å². The Labute approximate surface area is 214 Å². The van der Waals surface area contributed by atoms with Gasteiger partial charge in [-0.3, -0.25) is 0 Å². The summed E-state index contributed by atoms with van der Waals surface area (Å²) in [5.41, 5.74) is 4.00. The molecule has 6 rings (SSSR count). The predicted molar refractivity (Wildman–Crippen MR) is 138 cm³/mol. The van der Waals surface area contributed by atoms with Crippen LogP contribution in [-0.4, -0.2) is 15.0 Å². The minimum Gasteiger partial charge on any atom is -0.486 e. The Morgan fingerprint density at radius 3 is 2.64 bits per heavy atom. The van der Waals surface area contributed by atoms with Crippen molar-refractivity contribution in [3.63, 3.8) is 0 Å². The van der Waals surface area contributed by atoms with Crippen LogP contribution < -0.4 is 10.4 Å². The summed E-state index contributed by atoms with van der Waals surface area (Å²) < 4.78 is 18.6. The number of benzene rings is 3. The van der Waals surface area contributed by atoms with E-state index in [1.807, 2.05) is 36.4 Å². The molecule has 0 bridgehead atoms. The molecule has 36 heavy (non-hydrogen) atoms. The third-order valence-corrected chi connectivity index (χ3v) is 6.33. The highest BCUT2D eigenvalue weighted by molar-refractivity contribution is 6.35. The van der Waals surface area contributed by atoms with Gasteiger partial charge in [0.05, 0.1) is 24.0 Å². The predicted octanol–water partition coefficient (Wildman–Crippen LogP) is 6.73. The van der Waals surface area contributed by atoms with Crippen molar-refractivity contribution in [3.8, 4) is 16.9 Å². The summed E-state index contributed by atoms with van der Waals surface area (Å²) in [5, 5.41) is 11.0. The van der Waals surface area contributed by atoms with Crippen LogP contribution in [0.4, 0.5) is 0 Å². The normalized spacial score (nSPS) is 11.4. The number of nitrogens with zero attached hydrogens (tertiary/aromatic N) is 3. The maximum Gasteiger partial charge on any atom is 0.336 e. The summed E-state index contributed by atoms with van der Waals surface area (Å²) in [6, 6.07) is 20.2. The molecule has 0 fully saturated rings. The van der Waals surface area contributed by atoms with Gasteiger partial charge in [-0.15, -0.1) is 5.10 Å². The van der Waals surface area contributed by atoms with E-state index in [4.69, 9.17) is 36.8 Å². The van der Waals surface area contributed by atoms with Crippen molar-refractivity contribution in [2.75, 3.05) is 0 Å². The highest BCUT2D eigenvalue weighted by Crippen LogP contribution is 2.34. The standard InChI is InChI=1S/C27H17Cl2N3O4/c28-18-6-7-24(23(29)9-18)34-14-19-13-32(31-30-19)12-17-8-27(33)36-26-11-25-21(10-20(17)26)22(15-35-25)16-4-2-1-3-5-16/h1-11,13,15H,12,14H2. The summed E-state index contributed by atoms with van der Waals surface area (Å²) in [7, 11) is 0. The van der Waals surface area contributed by atoms with Crippen molar-refractivity contribution < 1.29 is 13.6 Å². The monoisotopic (exact) mass is 517 g/mol. The zero-order valence-electron chi connectivity index (χ0n) is 18.7. The molecule has 0 N–H and O–H groups in total. The van der Waals surface area contributed by atoms with Crippen LogP contribution in [0.25, 0.3) is 33.1 Å². The molecule has 6 aromatic rings. The average Bonchev–Trinajstić information content (AvgIpc) is 3.49. The molecule has 0 saturated heterocycles. The number of furan rings is 1. The van der Waals surface area contributed by atoms with Crippen LogP contribution in [0.3, 0.4) is 0 Å². The second-order valence-corrected chi connectivity index (χ2v) is 9.07. The molecule has 3 aromatic heterocycles. The Morgan fingerprint density at radius 1 is 0.944 bits per heavy atom. The lowest BCUT2D eigenvalue weighted by molar-refractivity contribution is 0.301. The molecule has 0 saturated carbocycles. The quantitative estimate of drug-likeness (QED) is 0.227. The van der Waals surface area contributed by atoms with Gasteiger partial charge in [0.15, 0.2) is 0 Å². The summed E-state index contributed by atoms with van der Waals surface area (Å²) >= 11 is 12.1. The van der Waals surface area contributed by atoms with Gasteiger partial charge in [-0.25, -0.2) is 9.48 Å². The highest BCUT2D eigenvalue weighted by atomic mass is 35.5. The number of halogens is 2. The Morgan fingerprint density at radius 2 is 1.81 bits per heavy atom. The molecule has 0 aliphatic heterocycles. The van der Waals surface area contributed by atoms with E-state index in [1.54, 1.807) is 41.4 Å². The van der Waals surface area contributed by atoms with Crippen LogP contribution >= 0.6 is 23.2 Å². The topological polar surface area (TPSA) is 83.3 Å². The van der Waals surface area contributed by atoms with Crippen LogP contribution in [-0.2, 0) is 13.2 Å². The van der Waals surface area contributed by atoms with E-state index >= 15 is 0 Å². The molecule has 3 aromatic carbocycles. The lowest BCUT2D eigenvalue weighted by atomic mass is 10.0. The maximum absolute atomic E-state index is 12.3. The number of ether oxygens (including phenoxy) is 1. The van der Waals surface area contributed by atoms with Crippen LogP contribution in [0.1, 0.15) is 11.3 Å². The molecule has 178 valence electrons. The molecule has 0 radical (unpaired) electrons. The molecule has 0 spiro atoms. The van der Waals surface area contributed by atoms with Gasteiger partial charge in [-0.2, -0.15) is 0 Å². The number of hydrogen-bond donors (Lipinski definition) is 0. The third-order valence-electron chi connectivity index (χ3n) is 5.80. The van der Waals surface area contributed by atoms with Crippen molar-refractivity contribution in [1.29, 1.82) is 0 Å². The molecule has 9 heteroatoms. The summed E-state index contributed by atoms with van der Waals surface area (Å²) in [5.74, 6) is 0.501. The van der Waals surface area contributed by atoms with Gasteiger partial charge in [0.25, 0.3) is 0 Å². The van der Waals surface area contributed by atoms with Gasteiger partial charge >= 0.3 is 5.63 Å². The molecule has 0 aliphatic carbocycles. The first-order valence-electron chi connectivity index (χ1n) is 11.0. The number of aromatic nitrogens is 3. The minimum absolute atomic E-state index is 0.176. The van der Waals surface area contributed by atoms with Crippen LogP contribution in [0.2, 0.25) is 10.0 Å². The minimum atomic E-state index is -0.451. The molecule has 0 unspecified atom stereocenters. The van der Waals surface area contributed by atoms with Crippen molar-refractivity contribution in [1.82, 2.24) is 15.0 Å². The number of hydrogen-bond acceptors (Lipinski definition) is 6. The van der Waals surface area contributed by atoms with Gasteiger partial charge in [-0.05, 0) is 35.4 Å². The molecule has 0 atom stereocenters. The second kappa shape index (κ2) is 9.18. The van der Waals surface area contributed by atoms with Crippen molar-refractivity contribution >= 4 is 45.1 Å². The summed E-state index contributed by atoms with van der Waals surface area (Å²) in [6.45, 7) is 0.496. The SMILES string of the molecule is O=c1cc(Cn2cc(COc3ccc(Cl)cc3Cl)nn2)c2cc3c(-c4ccccc4)coc3cc2o1. The van der Waals surface area contributed by atoms with Crippen LogP contribution in [0, 0.1) is 0 Å². The first kappa shape index (κ1) is 22.4. The molecule has 0 amide bonds. The smallest absolute Gasteiger partial charge is 0.336 e. The fourth-order valence-corrected chi connectivity index (χ4v) is 4.58. The fraction of sp³-hybridized carbons (Fsp3) is 0.0741. The Kier molecular flexibility index (Phi) is 5.71. The van der Waals surface area contributed by atoms with E-state index in [0.717, 1.165) is 27.5 Å². The zero-order chi connectivity index (χ0) is 24.6. The third kappa shape index (κ3) is 4.34. The van der Waals surface area contributed by atoms with E-state index < -0.39 is 5.63 Å². The highest BCUT2D eigenvalue weighted by Gasteiger charge is 2.14. The lowest BCUT2D eigenvalue weighted by Crippen LogP contribution is -2.06. The Bertz CT molecular complexity index is 1770. The number of fused-ring (bicyclic) bond motifs is 2. The first-order valence-corrected chi connectivity index (χ1v) is 11.8. The van der Waals surface area contributed by atoms with E-state index in [1.165, 1.54) is 6.07 Å². The Hall–Kier alpha value is -4.07. The van der Waals surface area contributed by atoms with Crippen LogP contribution in [0.5, 0.6) is 5.75 Å². The zero-order valence-corrected chi connectivity index (χ0v) is 20.2.